The number of hydrogen-bond acceptors (Lipinski definition) is 3. The number of benzene rings is 2. The van der Waals surface area contributed by atoms with Gasteiger partial charge in [-0.3, -0.25) is 9.59 Å². The van der Waals surface area contributed by atoms with Gasteiger partial charge in [-0.2, -0.15) is 0 Å². The van der Waals surface area contributed by atoms with Crippen LogP contribution in [0, 0.1) is 0 Å². The summed E-state index contributed by atoms with van der Waals surface area (Å²) in [5.74, 6) is 0.628. The highest BCUT2D eigenvalue weighted by molar-refractivity contribution is 5.91. The Bertz CT molecular complexity index is 758. The summed E-state index contributed by atoms with van der Waals surface area (Å²) in [5.41, 5.74) is 1.81. The van der Waals surface area contributed by atoms with Crippen molar-refractivity contribution in [2.45, 2.75) is 25.5 Å². The summed E-state index contributed by atoms with van der Waals surface area (Å²) in [4.78, 5) is 24.8. The van der Waals surface area contributed by atoms with Crippen LogP contribution in [0.5, 0.6) is 5.75 Å². The molecule has 2 aromatic rings. The summed E-state index contributed by atoms with van der Waals surface area (Å²) in [5, 5.41) is 5.79. The second-order valence-electron chi connectivity index (χ2n) is 7.00. The smallest absolute Gasteiger partial charge is 0.279 e. The quantitative estimate of drug-likeness (QED) is 0.618. The molecule has 142 valence electrons. The number of anilines is 1. The zero-order valence-electron chi connectivity index (χ0n) is 15.5. The van der Waals surface area contributed by atoms with Gasteiger partial charge in [-0.05, 0) is 42.7 Å². The third kappa shape index (κ3) is 6.75. The molecule has 0 heterocycles. The Labute approximate surface area is 159 Å². The Hall–Kier alpha value is -2.86. The normalized spacial score (nSPS) is 14.3. The molecule has 3 rings (SSSR count). The molecule has 6 heteroatoms. The molecule has 0 aliphatic heterocycles. The molecule has 3 N–H and O–H groups in total. The van der Waals surface area contributed by atoms with Crippen molar-refractivity contribution in [1.29, 1.82) is 0 Å². The summed E-state index contributed by atoms with van der Waals surface area (Å²) in [7, 11) is 1.84. The predicted octanol–water partition coefficient (Wildman–Crippen LogP) is 0.997. The lowest BCUT2D eigenvalue weighted by Crippen LogP contribution is -3.11. The minimum atomic E-state index is -0.121. The molecule has 27 heavy (non-hydrogen) atoms. The van der Waals surface area contributed by atoms with Gasteiger partial charge in [0.05, 0.1) is 7.05 Å². The van der Waals surface area contributed by atoms with E-state index in [-0.39, 0.29) is 18.4 Å². The molecule has 1 unspecified atom stereocenters. The van der Waals surface area contributed by atoms with E-state index in [0.717, 1.165) is 29.1 Å². The van der Waals surface area contributed by atoms with Crippen molar-refractivity contribution in [2.24, 2.45) is 0 Å². The third-order valence-electron chi connectivity index (χ3n) is 4.25. The van der Waals surface area contributed by atoms with Gasteiger partial charge in [-0.15, -0.1) is 0 Å². The van der Waals surface area contributed by atoms with Crippen LogP contribution in [0.1, 0.15) is 18.4 Å². The van der Waals surface area contributed by atoms with E-state index < -0.39 is 0 Å². The van der Waals surface area contributed by atoms with E-state index >= 15 is 0 Å². The van der Waals surface area contributed by atoms with Crippen LogP contribution in [-0.4, -0.2) is 38.0 Å². The Morgan fingerprint density at radius 1 is 1.00 bits per heavy atom. The number of rotatable bonds is 9. The van der Waals surface area contributed by atoms with Crippen molar-refractivity contribution in [1.82, 2.24) is 5.32 Å². The minimum Gasteiger partial charge on any atom is -0.489 e. The molecule has 2 amide bonds. The largest absolute Gasteiger partial charge is 0.489 e. The first-order chi connectivity index (χ1) is 13.1. The average Bonchev–Trinajstić information content (AvgIpc) is 3.45. The molecule has 1 fully saturated rings. The van der Waals surface area contributed by atoms with Crippen molar-refractivity contribution >= 4 is 17.5 Å². The van der Waals surface area contributed by atoms with Crippen LogP contribution in [0.25, 0.3) is 0 Å². The van der Waals surface area contributed by atoms with Gasteiger partial charge in [0.1, 0.15) is 12.4 Å². The van der Waals surface area contributed by atoms with E-state index in [4.69, 9.17) is 4.74 Å². The van der Waals surface area contributed by atoms with Crippen LogP contribution >= 0.6 is 0 Å². The van der Waals surface area contributed by atoms with Gasteiger partial charge in [0.25, 0.3) is 11.8 Å². The number of hydrogen-bond donors (Lipinski definition) is 3. The van der Waals surface area contributed by atoms with E-state index in [1.54, 1.807) is 0 Å². The SMILES string of the molecule is C[NH+](CC(=O)Nc1ccc(OCc2ccccc2)cc1)CC(=O)NC1CC1. The second-order valence-corrected chi connectivity index (χ2v) is 7.00. The van der Waals surface area contributed by atoms with E-state index in [1.165, 1.54) is 0 Å². The number of quaternary nitrogens is 1. The number of carbonyl (C=O) groups excluding carboxylic acids is 2. The van der Waals surface area contributed by atoms with Gasteiger partial charge in [0.2, 0.25) is 0 Å². The number of ether oxygens (including phenoxy) is 1. The molecular weight excluding hydrogens is 342 g/mol. The molecule has 6 nitrogen and oxygen atoms in total. The topological polar surface area (TPSA) is 71.9 Å². The Balaban J connectivity index is 1.40. The monoisotopic (exact) mass is 368 g/mol. The molecule has 0 spiro atoms. The maximum absolute atomic E-state index is 12.1. The first-order valence-corrected chi connectivity index (χ1v) is 9.26. The van der Waals surface area contributed by atoms with Gasteiger partial charge >= 0.3 is 0 Å². The standard InChI is InChI=1S/C21H25N3O3/c1-24(13-20(25)22-17-7-8-17)14-21(26)23-18-9-11-19(12-10-18)27-15-16-5-3-2-4-6-16/h2-6,9-12,17H,7-8,13-15H2,1H3,(H,22,25)(H,23,26)/p+1. The van der Waals surface area contributed by atoms with Crippen LogP contribution in [0.15, 0.2) is 54.6 Å². The molecule has 1 aliphatic carbocycles. The predicted molar refractivity (Wildman–Crippen MR) is 104 cm³/mol. The molecule has 0 saturated heterocycles. The molecular formula is C21H26N3O3+. The third-order valence-corrected chi connectivity index (χ3v) is 4.25. The number of carbonyl (C=O) groups is 2. The van der Waals surface area contributed by atoms with Crippen molar-refractivity contribution in [3.05, 3.63) is 60.2 Å². The summed E-state index contributed by atoms with van der Waals surface area (Å²) >= 11 is 0. The van der Waals surface area contributed by atoms with Crippen molar-refractivity contribution in [2.75, 3.05) is 25.5 Å². The first-order valence-electron chi connectivity index (χ1n) is 9.26. The first kappa shape index (κ1) is 18.9. The van der Waals surface area contributed by atoms with E-state index in [2.05, 4.69) is 10.6 Å². The van der Waals surface area contributed by atoms with Gasteiger partial charge in [0, 0.05) is 11.7 Å². The van der Waals surface area contributed by atoms with Crippen molar-refractivity contribution in [3.8, 4) is 5.75 Å². The minimum absolute atomic E-state index is 0.00252. The maximum atomic E-state index is 12.1. The number of likely N-dealkylation sites (N-methyl/N-ethyl adjacent to an activating group) is 1. The Morgan fingerprint density at radius 2 is 1.67 bits per heavy atom. The fourth-order valence-electron chi connectivity index (χ4n) is 2.70. The van der Waals surface area contributed by atoms with Crippen LogP contribution in [-0.2, 0) is 16.2 Å². The van der Waals surface area contributed by atoms with Gasteiger partial charge < -0.3 is 20.3 Å². The molecule has 1 aliphatic rings. The lowest BCUT2D eigenvalue weighted by Gasteiger charge is -2.14. The Morgan fingerprint density at radius 3 is 2.33 bits per heavy atom. The highest BCUT2D eigenvalue weighted by Crippen LogP contribution is 2.18. The maximum Gasteiger partial charge on any atom is 0.279 e. The summed E-state index contributed by atoms with van der Waals surface area (Å²) < 4.78 is 5.74. The number of amides is 2. The lowest BCUT2D eigenvalue weighted by atomic mass is 10.2. The van der Waals surface area contributed by atoms with Crippen LogP contribution in [0.4, 0.5) is 5.69 Å². The van der Waals surface area contributed by atoms with Crippen LogP contribution < -0.4 is 20.3 Å². The van der Waals surface area contributed by atoms with Gasteiger partial charge in [-0.25, -0.2) is 0 Å². The highest BCUT2D eigenvalue weighted by Gasteiger charge is 2.24. The summed E-state index contributed by atoms with van der Waals surface area (Å²) in [6.45, 7) is 1.05. The Kier molecular flexibility index (Phi) is 6.44. The van der Waals surface area contributed by atoms with Gasteiger partial charge in [-0.1, -0.05) is 30.3 Å². The van der Waals surface area contributed by atoms with Crippen LogP contribution in [0.2, 0.25) is 0 Å². The van der Waals surface area contributed by atoms with Gasteiger partial charge in [0.15, 0.2) is 13.1 Å². The van der Waals surface area contributed by atoms with Crippen molar-refractivity contribution in [3.63, 3.8) is 0 Å². The lowest BCUT2D eigenvalue weighted by molar-refractivity contribution is -0.862. The molecule has 0 aromatic heterocycles. The van der Waals surface area contributed by atoms with Crippen molar-refractivity contribution < 1.29 is 19.2 Å². The van der Waals surface area contributed by atoms with E-state index in [0.29, 0.717) is 24.9 Å². The zero-order chi connectivity index (χ0) is 19.1. The van der Waals surface area contributed by atoms with E-state index in [1.807, 2.05) is 61.6 Å². The highest BCUT2D eigenvalue weighted by atomic mass is 16.5. The molecule has 1 saturated carbocycles. The molecule has 2 aromatic carbocycles. The molecule has 1 atom stereocenters. The molecule has 0 bridgehead atoms. The molecule has 0 radical (unpaired) electrons. The fourth-order valence-corrected chi connectivity index (χ4v) is 2.70. The summed E-state index contributed by atoms with van der Waals surface area (Å²) in [6.07, 6.45) is 2.13. The van der Waals surface area contributed by atoms with E-state index in [9.17, 15) is 9.59 Å². The zero-order valence-corrected chi connectivity index (χ0v) is 15.5. The average molecular weight is 368 g/mol. The van der Waals surface area contributed by atoms with Crippen LogP contribution in [0.3, 0.4) is 0 Å². The summed E-state index contributed by atoms with van der Waals surface area (Å²) in [6, 6.07) is 17.6. The second kappa shape index (κ2) is 9.19. The fraction of sp³-hybridized carbons (Fsp3) is 0.333. The number of nitrogens with one attached hydrogen (secondary N) is 3.